The number of hydrogen-bond donors (Lipinski definition) is 2. The summed E-state index contributed by atoms with van der Waals surface area (Å²) in [6.45, 7) is 3.81. The van der Waals surface area contributed by atoms with Crippen LogP contribution in [0.2, 0.25) is 0 Å². The van der Waals surface area contributed by atoms with E-state index in [0.717, 1.165) is 31.7 Å². The van der Waals surface area contributed by atoms with E-state index in [-0.39, 0.29) is 12.4 Å². The second kappa shape index (κ2) is 7.34. The Bertz CT molecular complexity index is 786. The van der Waals surface area contributed by atoms with E-state index in [0.29, 0.717) is 11.8 Å². The fourth-order valence-corrected chi connectivity index (χ4v) is 3.81. The van der Waals surface area contributed by atoms with Gasteiger partial charge in [-0.15, -0.1) is 12.4 Å². The summed E-state index contributed by atoms with van der Waals surface area (Å²) >= 11 is 0. The molecule has 0 amide bonds. The van der Waals surface area contributed by atoms with Crippen molar-refractivity contribution in [1.82, 2.24) is 15.1 Å². The van der Waals surface area contributed by atoms with E-state index in [1.807, 2.05) is 6.20 Å². The predicted octanol–water partition coefficient (Wildman–Crippen LogP) is 3.16. The van der Waals surface area contributed by atoms with E-state index in [9.17, 15) is 0 Å². The highest BCUT2D eigenvalue weighted by molar-refractivity contribution is 5.85. The Morgan fingerprint density at radius 2 is 1.92 bits per heavy atom. The smallest absolute Gasteiger partial charge is 0.0695 e. The summed E-state index contributed by atoms with van der Waals surface area (Å²) in [6.07, 6.45) is 1.89. The Labute approximate surface area is 148 Å². The van der Waals surface area contributed by atoms with E-state index < -0.39 is 0 Å². The van der Waals surface area contributed by atoms with E-state index in [4.69, 9.17) is 5.73 Å². The molecule has 1 saturated heterocycles. The highest BCUT2D eigenvalue weighted by Crippen LogP contribution is 2.33. The maximum atomic E-state index is 6.05. The summed E-state index contributed by atoms with van der Waals surface area (Å²) in [5, 5.41) is 8.47. The molecular weight excluding hydrogens is 320 g/mol. The fraction of sp³-hybridized carbons (Fsp3) is 0.316. The normalized spacial score (nSPS) is 21.0. The molecule has 1 aromatic heterocycles. The number of H-pyrrole nitrogens is 1. The number of likely N-dealkylation sites (tertiary alicyclic amines) is 1. The summed E-state index contributed by atoms with van der Waals surface area (Å²) in [5.41, 5.74) is 9.92. The van der Waals surface area contributed by atoms with E-state index in [1.54, 1.807) is 0 Å². The molecule has 0 bridgehead atoms. The first-order valence-corrected chi connectivity index (χ1v) is 8.23. The molecule has 0 radical (unpaired) electrons. The van der Waals surface area contributed by atoms with Gasteiger partial charge in [-0.3, -0.25) is 10.00 Å². The number of aromatic amines is 1. The van der Waals surface area contributed by atoms with Gasteiger partial charge in [-0.1, -0.05) is 48.5 Å². The lowest BCUT2D eigenvalue weighted by molar-refractivity contribution is 0.318. The number of aromatic nitrogens is 2. The Morgan fingerprint density at radius 1 is 1.08 bits per heavy atom. The number of benzene rings is 2. The molecule has 1 fully saturated rings. The molecule has 1 aliphatic rings. The van der Waals surface area contributed by atoms with Gasteiger partial charge in [-0.25, -0.2) is 0 Å². The molecule has 0 spiro atoms. The van der Waals surface area contributed by atoms with Gasteiger partial charge < -0.3 is 5.73 Å². The second-order valence-corrected chi connectivity index (χ2v) is 6.46. The molecule has 2 atom stereocenters. The van der Waals surface area contributed by atoms with E-state index in [2.05, 4.69) is 63.6 Å². The van der Waals surface area contributed by atoms with Crippen molar-refractivity contribution in [3.63, 3.8) is 0 Å². The molecule has 1 aliphatic heterocycles. The molecule has 2 aromatic carbocycles. The van der Waals surface area contributed by atoms with Crippen LogP contribution in [0, 0.1) is 5.92 Å². The van der Waals surface area contributed by atoms with Crippen molar-refractivity contribution in [3.8, 4) is 0 Å². The quantitative estimate of drug-likeness (QED) is 0.765. The van der Waals surface area contributed by atoms with Gasteiger partial charge in [0.1, 0.15) is 0 Å². The fourth-order valence-electron chi connectivity index (χ4n) is 3.81. The molecule has 24 heavy (non-hydrogen) atoms. The van der Waals surface area contributed by atoms with Crippen LogP contribution in [0.25, 0.3) is 10.9 Å². The van der Waals surface area contributed by atoms with Crippen molar-refractivity contribution in [1.29, 1.82) is 0 Å². The van der Waals surface area contributed by atoms with Crippen LogP contribution in [-0.4, -0.2) is 34.7 Å². The molecule has 0 saturated carbocycles. The van der Waals surface area contributed by atoms with Crippen LogP contribution in [0.5, 0.6) is 0 Å². The zero-order chi connectivity index (χ0) is 15.6. The number of nitrogens with two attached hydrogens (primary N) is 1. The zero-order valence-electron chi connectivity index (χ0n) is 13.6. The Kier molecular flexibility index (Phi) is 5.19. The van der Waals surface area contributed by atoms with Crippen molar-refractivity contribution in [2.75, 3.05) is 19.6 Å². The summed E-state index contributed by atoms with van der Waals surface area (Å²) in [4.78, 5) is 2.52. The van der Waals surface area contributed by atoms with Gasteiger partial charge >= 0.3 is 0 Å². The maximum Gasteiger partial charge on any atom is 0.0695 e. The van der Waals surface area contributed by atoms with Gasteiger partial charge in [0.2, 0.25) is 0 Å². The highest BCUT2D eigenvalue weighted by atomic mass is 35.5. The topological polar surface area (TPSA) is 57.9 Å². The monoisotopic (exact) mass is 342 g/mol. The lowest BCUT2D eigenvalue weighted by Crippen LogP contribution is -2.23. The summed E-state index contributed by atoms with van der Waals surface area (Å²) in [6, 6.07) is 17.2. The van der Waals surface area contributed by atoms with Crippen molar-refractivity contribution in [2.24, 2.45) is 11.7 Å². The number of nitrogens with one attached hydrogen (secondary N) is 1. The lowest BCUT2D eigenvalue weighted by atomic mass is 9.89. The molecule has 0 unspecified atom stereocenters. The Hall–Kier alpha value is -1.88. The number of nitrogens with zero attached hydrogens (tertiary/aromatic N) is 2. The molecule has 5 heteroatoms. The van der Waals surface area contributed by atoms with Crippen LogP contribution in [0.3, 0.4) is 0 Å². The minimum absolute atomic E-state index is 0. The third-order valence-corrected chi connectivity index (χ3v) is 5.00. The molecular formula is C19H23ClN4. The zero-order valence-corrected chi connectivity index (χ0v) is 14.4. The van der Waals surface area contributed by atoms with Crippen molar-refractivity contribution in [3.05, 3.63) is 65.9 Å². The standard InChI is InChI=1S/C19H22N4.ClH/c20-9-17-12-23(13-18(17)14-5-2-1-3-6-14)11-16-8-4-7-15-10-21-22-19(15)16;/h1-8,10,17-18H,9,11-13,20H2,(H,21,22);1H/t17-,18+;/m1./s1. The number of halogens is 1. The number of hydrogen-bond acceptors (Lipinski definition) is 3. The molecule has 0 aliphatic carbocycles. The van der Waals surface area contributed by atoms with E-state index >= 15 is 0 Å². The molecule has 3 N–H and O–H groups in total. The number of para-hydroxylation sites is 1. The van der Waals surface area contributed by atoms with Crippen LogP contribution in [0.1, 0.15) is 17.0 Å². The molecule has 2 heterocycles. The number of rotatable bonds is 4. The first kappa shape index (κ1) is 17.0. The van der Waals surface area contributed by atoms with Crippen molar-refractivity contribution in [2.45, 2.75) is 12.5 Å². The maximum absolute atomic E-state index is 6.05. The van der Waals surface area contributed by atoms with Gasteiger partial charge in [0.05, 0.1) is 11.7 Å². The lowest BCUT2D eigenvalue weighted by Gasteiger charge is -2.17. The summed E-state index contributed by atoms with van der Waals surface area (Å²) in [7, 11) is 0. The Morgan fingerprint density at radius 3 is 2.71 bits per heavy atom. The summed E-state index contributed by atoms with van der Waals surface area (Å²) in [5.74, 6) is 1.06. The number of fused-ring (bicyclic) bond motifs is 1. The first-order valence-electron chi connectivity index (χ1n) is 8.23. The minimum Gasteiger partial charge on any atom is -0.330 e. The van der Waals surface area contributed by atoms with Crippen molar-refractivity contribution < 1.29 is 0 Å². The minimum atomic E-state index is 0. The third-order valence-electron chi connectivity index (χ3n) is 5.00. The van der Waals surface area contributed by atoms with Gasteiger partial charge in [0.15, 0.2) is 0 Å². The first-order chi connectivity index (χ1) is 11.3. The van der Waals surface area contributed by atoms with Crippen LogP contribution in [-0.2, 0) is 6.54 Å². The average Bonchev–Trinajstić information content (AvgIpc) is 3.22. The predicted molar refractivity (Wildman–Crippen MR) is 100 cm³/mol. The van der Waals surface area contributed by atoms with Gasteiger partial charge in [-0.05, 0) is 23.6 Å². The molecule has 4 nitrogen and oxygen atoms in total. The van der Waals surface area contributed by atoms with Crippen LogP contribution in [0.15, 0.2) is 54.7 Å². The summed E-state index contributed by atoms with van der Waals surface area (Å²) < 4.78 is 0. The molecule has 126 valence electrons. The SMILES string of the molecule is Cl.NC[C@@H]1CN(Cc2cccc3cn[nH]c23)C[C@H]1c1ccccc1. The average molecular weight is 343 g/mol. The second-order valence-electron chi connectivity index (χ2n) is 6.46. The van der Waals surface area contributed by atoms with Crippen molar-refractivity contribution >= 4 is 23.3 Å². The largest absolute Gasteiger partial charge is 0.330 e. The van der Waals surface area contributed by atoms with Crippen LogP contribution < -0.4 is 5.73 Å². The van der Waals surface area contributed by atoms with Crippen LogP contribution in [0.4, 0.5) is 0 Å². The highest BCUT2D eigenvalue weighted by Gasteiger charge is 2.32. The van der Waals surface area contributed by atoms with Gasteiger partial charge in [-0.2, -0.15) is 5.10 Å². The molecule has 3 aromatic rings. The van der Waals surface area contributed by atoms with Gasteiger partial charge in [0, 0.05) is 30.9 Å². The van der Waals surface area contributed by atoms with E-state index in [1.165, 1.54) is 16.5 Å². The van der Waals surface area contributed by atoms with Gasteiger partial charge in [0.25, 0.3) is 0 Å². The Balaban J connectivity index is 0.00000169. The van der Waals surface area contributed by atoms with Crippen LogP contribution >= 0.6 is 12.4 Å². The molecule has 4 rings (SSSR count). The third kappa shape index (κ3) is 3.18.